The van der Waals surface area contributed by atoms with E-state index < -0.39 is 25.3 Å². The fourth-order valence-corrected chi connectivity index (χ4v) is 7.43. The van der Waals surface area contributed by atoms with E-state index in [1.165, 1.54) is 0 Å². The molecule has 0 saturated carbocycles. The van der Waals surface area contributed by atoms with Gasteiger partial charge in [0.25, 0.3) is 0 Å². The third-order valence-corrected chi connectivity index (χ3v) is 11.4. The second-order valence-corrected chi connectivity index (χ2v) is 16.7. The summed E-state index contributed by atoms with van der Waals surface area (Å²) in [4.78, 5) is 0.912. The lowest BCUT2D eigenvalue weighted by Crippen LogP contribution is -2.25. The van der Waals surface area contributed by atoms with Crippen molar-refractivity contribution in [2.75, 3.05) is 0 Å². The van der Waals surface area contributed by atoms with E-state index in [1.54, 1.807) is 109 Å². The predicted octanol–water partition coefficient (Wildman–Crippen LogP) is 9.06. The summed E-state index contributed by atoms with van der Waals surface area (Å²) in [5.41, 5.74) is 2.06. The molecule has 8 heteroatoms. The van der Waals surface area contributed by atoms with Crippen molar-refractivity contribution in [3.05, 3.63) is 138 Å². The highest BCUT2D eigenvalue weighted by Crippen LogP contribution is 2.33. The molecule has 5 aromatic rings. The van der Waals surface area contributed by atoms with Gasteiger partial charge in [-0.05, 0) is 122 Å². The molecule has 0 saturated heterocycles. The molecule has 0 aromatic heterocycles. The van der Waals surface area contributed by atoms with Gasteiger partial charge in [0.2, 0.25) is 19.7 Å². The van der Waals surface area contributed by atoms with Crippen LogP contribution in [0.5, 0.6) is 17.2 Å². The zero-order chi connectivity index (χ0) is 33.3. The van der Waals surface area contributed by atoms with Crippen LogP contribution in [0.3, 0.4) is 0 Å². The molecule has 5 aromatic carbocycles. The lowest BCUT2D eigenvalue weighted by Gasteiger charge is -2.27. The zero-order valence-corrected chi connectivity index (χ0v) is 28.4. The Morgan fingerprint density at radius 2 is 0.761 bits per heavy atom. The van der Waals surface area contributed by atoms with Gasteiger partial charge in [-0.2, -0.15) is 0 Å². The number of hydrogen-bond acceptors (Lipinski definition) is 6. The van der Waals surface area contributed by atoms with Crippen LogP contribution in [-0.2, 0) is 30.7 Å². The average molecular weight is 655 g/mol. The van der Waals surface area contributed by atoms with E-state index in [1.807, 2.05) is 32.9 Å². The van der Waals surface area contributed by atoms with Crippen molar-refractivity contribution < 1.29 is 26.3 Å². The van der Waals surface area contributed by atoms with Crippen LogP contribution in [0.2, 0.25) is 0 Å². The van der Waals surface area contributed by atoms with Gasteiger partial charge in [0.05, 0.1) is 19.6 Å². The first-order chi connectivity index (χ1) is 21.6. The molecule has 0 aliphatic carbocycles. The van der Waals surface area contributed by atoms with E-state index >= 15 is 0 Å². The van der Waals surface area contributed by atoms with Crippen molar-refractivity contribution in [3.8, 4) is 17.2 Å². The topological polar surface area (TPSA) is 86.7 Å². The van der Waals surface area contributed by atoms with Gasteiger partial charge in [-0.15, -0.1) is 0 Å². The highest BCUT2D eigenvalue weighted by Gasteiger charge is 2.25. The first kappa shape index (κ1) is 33.0. The van der Waals surface area contributed by atoms with E-state index in [-0.39, 0.29) is 25.0 Å². The fourth-order valence-electron chi connectivity index (χ4n) is 4.91. The third kappa shape index (κ3) is 7.19. The second-order valence-electron chi connectivity index (χ2n) is 12.8. The summed E-state index contributed by atoms with van der Waals surface area (Å²) in [6.45, 7) is 12.0. The molecule has 0 atom stereocenters. The van der Waals surface area contributed by atoms with Crippen molar-refractivity contribution in [3.63, 3.8) is 0 Å². The van der Waals surface area contributed by atoms with Gasteiger partial charge in [-0.1, -0.05) is 62.7 Å². The second kappa shape index (κ2) is 12.4. The molecule has 6 nitrogen and oxygen atoms in total. The molecule has 0 bridgehead atoms. The Bertz CT molecular complexity index is 2020. The van der Waals surface area contributed by atoms with Crippen LogP contribution >= 0.6 is 0 Å². The molecule has 0 N–H and O–H groups in total. The number of sulfone groups is 2. The minimum Gasteiger partial charge on any atom is -0.483 e. The highest BCUT2D eigenvalue weighted by molar-refractivity contribution is 7.91. The Morgan fingerprint density at radius 1 is 0.435 bits per heavy atom. The molecular weight excluding hydrogens is 617 g/mol. The summed E-state index contributed by atoms with van der Waals surface area (Å²) in [5, 5.41) is 0. The summed E-state index contributed by atoms with van der Waals surface area (Å²) >= 11 is 0. The van der Waals surface area contributed by atoms with E-state index in [0.29, 0.717) is 17.2 Å². The first-order valence-electron chi connectivity index (χ1n) is 14.9. The Labute approximate surface area is 272 Å². The third-order valence-electron chi connectivity index (χ3n) is 7.79. The fraction of sp³-hybridized carbons (Fsp3) is 0.211. The van der Waals surface area contributed by atoms with Crippen molar-refractivity contribution >= 4 is 19.7 Å². The van der Waals surface area contributed by atoms with Gasteiger partial charge in [0.1, 0.15) is 22.8 Å². The van der Waals surface area contributed by atoms with Crippen LogP contribution in [0.4, 0.5) is 0 Å². The van der Waals surface area contributed by atoms with Crippen molar-refractivity contribution in [2.45, 2.75) is 72.1 Å². The molecule has 0 fully saturated rings. The largest absolute Gasteiger partial charge is 0.483 e. The molecule has 0 unspecified atom stereocenters. The maximum absolute atomic E-state index is 13.2. The maximum atomic E-state index is 13.2. The van der Waals surface area contributed by atoms with Crippen molar-refractivity contribution in [2.24, 2.45) is 0 Å². The molecule has 5 rings (SSSR count). The van der Waals surface area contributed by atoms with Gasteiger partial charge < -0.3 is 9.47 Å². The molecular formula is C38H38O6S2. The first-order valence-corrected chi connectivity index (χ1v) is 17.9. The number of benzene rings is 5. The van der Waals surface area contributed by atoms with E-state index in [4.69, 9.17) is 9.47 Å². The van der Waals surface area contributed by atoms with Gasteiger partial charge in [-0.25, -0.2) is 16.8 Å². The summed E-state index contributed by atoms with van der Waals surface area (Å²) in [6, 6.07) is 34.0. The minimum absolute atomic E-state index is 0.0657. The number of hydrogen-bond donors (Lipinski definition) is 0. The molecule has 0 spiro atoms. The monoisotopic (exact) mass is 654 g/mol. The SMILES string of the molecule is Cc1ccc(S(=O)(=O)c2ccc(C(C)(C)Oc3ccc(Oc4ccc(S(=O)(=O)c5ccc(C(C)(C)C)cc5)cc4)cc3)cc2)cc1. The predicted molar refractivity (Wildman–Crippen MR) is 180 cm³/mol. The van der Waals surface area contributed by atoms with E-state index in [2.05, 4.69) is 20.8 Å². The normalized spacial score (nSPS) is 12.5. The Balaban J connectivity index is 1.23. The highest BCUT2D eigenvalue weighted by atomic mass is 32.2. The van der Waals surface area contributed by atoms with Crippen LogP contribution in [0, 0.1) is 6.92 Å². The van der Waals surface area contributed by atoms with Gasteiger partial charge >= 0.3 is 0 Å². The quantitative estimate of drug-likeness (QED) is 0.158. The summed E-state index contributed by atoms with van der Waals surface area (Å²) < 4.78 is 64.6. The standard InChI is InChI=1S/C38H38O6S2/c1-27-7-19-33(20-8-27)45(39,40)35-23-11-29(12-24-35)38(5,6)44-32-15-13-30(14-16-32)43-31-17-25-36(26-18-31)46(41,42)34-21-9-28(10-22-34)37(2,3)4/h7-26H,1-6H3. The molecule has 0 aliphatic heterocycles. The Morgan fingerprint density at radius 3 is 1.17 bits per heavy atom. The smallest absolute Gasteiger partial charge is 0.206 e. The van der Waals surface area contributed by atoms with Crippen molar-refractivity contribution in [1.29, 1.82) is 0 Å². The van der Waals surface area contributed by atoms with Crippen LogP contribution in [-0.4, -0.2) is 16.8 Å². The van der Waals surface area contributed by atoms with Gasteiger partial charge in [0.15, 0.2) is 0 Å². The van der Waals surface area contributed by atoms with Crippen LogP contribution in [0.15, 0.2) is 141 Å². The lowest BCUT2D eigenvalue weighted by molar-refractivity contribution is 0.108. The number of ether oxygens (including phenoxy) is 2. The average Bonchev–Trinajstić information content (AvgIpc) is 3.02. The Hall–Kier alpha value is -4.40. The molecule has 46 heavy (non-hydrogen) atoms. The van der Waals surface area contributed by atoms with Gasteiger partial charge in [-0.3, -0.25) is 0 Å². The summed E-state index contributed by atoms with van der Waals surface area (Å²) in [7, 11) is -7.28. The van der Waals surface area contributed by atoms with E-state index in [9.17, 15) is 16.8 Å². The summed E-state index contributed by atoms with van der Waals surface area (Å²) in [5.74, 6) is 1.66. The maximum Gasteiger partial charge on any atom is 0.206 e. The van der Waals surface area contributed by atoms with E-state index in [0.717, 1.165) is 16.7 Å². The molecule has 0 radical (unpaired) electrons. The van der Waals surface area contributed by atoms with Crippen LogP contribution in [0.1, 0.15) is 51.3 Å². The Kier molecular flexibility index (Phi) is 8.90. The molecule has 0 heterocycles. The number of rotatable bonds is 9. The molecule has 238 valence electrons. The van der Waals surface area contributed by atoms with Crippen LogP contribution < -0.4 is 9.47 Å². The number of aryl methyl sites for hydroxylation is 1. The lowest BCUT2D eigenvalue weighted by atomic mass is 9.87. The molecule has 0 aliphatic rings. The molecule has 0 amide bonds. The minimum atomic E-state index is -3.66. The van der Waals surface area contributed by atoms with Crippen LogP contribution in [0.25, 0.3) is 0 Å². The summed E-state index contributed by atoms with van der Waals surface area (Å²) in [6.07, 6.45) is 0. The van der Waals surface area contributed by atoms with Gasteiger partial charge in [0, 0.05) is 0 Å². The zero-order valence-electron chi connectivity index (χ0n) is 26.8. The van der Waals surface area contributed by atoms with Crippen molar-refractivity contribution in [1.82, 2.24) is 0 Å².